The molecule has 0 saturated heterocycles. The first-order valence-corrected chi connectivity index (χ1v) is 3.13. The predicted octanol–water partition coefficient (Wildman–Crippen LogP) is 0.520. The van der Waals surface area contributed by atoms with Gasteiger partial charge in [0.15, 0.2) is 5.54 Å². The van der Waals surface area contributed by atoms with Crippen molar-refractivity contribution in [1.29, 1.82) is 0 Å². The second-order valence-electron chi connectivity index (χ2n) is 2.70. The molecule has 0 spiro atoms. The van der Waals surface area contributed by atoms with Crippen LogP contribution in [0.25, 0.3) is 0 Å². The number of halogens is 1. The molecule has 12 heavy (non-hydrogen) atoms. The summed E-state index contributed by atoms with van der Waals surface area (Å²) in [6.45, 7) is 3.12. The molecule has 5 nitrogen and oxygen atoms in total. The number of hydrogen-bond acceptors (Lipinski definition) is 3. The molecule has 1 N–H and O–H groups in total. The minimum Gasteiger partial charge on any atom is -0.479 e. The average Bonchev–Trinajstić information content (AvgIpc) is 2.37. The van der Waals surface area contributed by atoms with E-state index in [9.17, 15) is 4.79 Å². The number of rotatable bonds is 2. The van der Waals surface area contributed by atoms with Gasteiger partial charge < -0.3 is 5.11 Å². The van der Waals surface area contributed by atoms with Gasteiger partial charge in [-0.25, -0.2) is 14.5 Å². The van der Waals surface area contributed by atoms with Gasteiger partial charge in [-0.2, -0.15) is 5.10 Å². The molecule has 68 valence electrons. The molecule has 6 heteroatoms. The standard InChI is InChI=1S/C6H9N3O2.ClH/c1-6(2,5(10)11)9-4-7-3-8-9;/h3-4H,1-2H3,(H,10,11);1H. The Morgan fingerprint density at radius 1 is 1.58 bits per heavy atom. The average molecular weight is 192 g/mol. The second-order valence-corrected chi connectivity index (χ2v) is 2.70. The fourth-order valence-electron chi connectivity index (χ4n) is 0.595. The van der Waals surface area contributed by atoms with Crippen molar-refractivity contribution < 1.29 is 9.90 Å². The van der Waals surface area contributed by atoms with Gasteiger partial charge in [0.2, 0.25) is 0 Å². The molecule has 0 amide bonds. The Bertz CT molecular complexity index is 258. The van der Waals surface area contributed by atoms with Gasteiger partial charge in [0, 0.05) is 0 Å². The van der Waals surface area contributed by atoms with Gasteiger partial charge >= 0.3 is 5.97 Å². The third kappa shape index (κ3) is 1.73. The van der Waals surface area contributed by atoms with Crippen molar-refractivity contribution in [2.75, 3.05) is 0 Å². The topological polar surface area (TPSA) is 68.0 Å². The van der Waals surface area contributed by atoms with E-state index < -0.39 is 11.5 Å². The first-order chi connectivity index (χ1) is 5.05. The number of hydrogen-bond donors (Lipinski definition) is 1. The largest absolute Gasteiger partial charge is 0.479 e. The number of carbonyl (C=O) groups is 1. The van der Waals surface area contributed by atoms with E-state index in [1.165, 1.54) is 17.3 Å². The van der Waals surface area contributed by atoms with Crippen LogP contribution in [0.5, 0.6) is 0 Å². The van der Waals surface area contributed by atoms with Crippen molar-refractivity contribution in [2.45, 2.75) is 19.4 Å². The highest BCUT2D eigenvalue weighted by Gasteiger charge is 2.29. The molecule has 1 aromatic rings. The smallest absolute Gasteiger partial charge is 0.331 e. The molecule has 0 radical (unpaired) electrons. The number of nitrogens with zero attached hydrogens (tertiary/aromatic N) is 3. The predicted molar refractivity (Wildman–Crippen MR) is 44.2 cm³/mol. The van der Waals surface area contributed by atoms with Gasteiger partial charge in [-0.15, -0.1) is 12.4 Å². The van der Waals surface area contributed by atoms with E-state index in [0.717, 1.165) is 0 Å². The van der Waals surface area contributed by atoms with Gasteiger partial charge in [-0.05, 0) is 13.8 Å². The molecule has 0 fully saturated rings. The summed E-state index contributed by atoms with van der Waals surface area (Å²) < 4.78 is 1.30. The van der Waals surface area contributed by atoms with Crippen molar-refractivity contribution in [1.82, 2.24) is 14.8 Å². The van der Waals surface area contributed by atoms with E-state index in [1.807, 2.05) is 0 Å². The number of aliphatic carboxylic acids is 1. The minimum atomic E-state index is -1.02. The Morgan fingerprint density at radius 3 is 2.50 bits per heavy atom. The van der Waals surface area contributed by atoms with E-state index in [1.54, 1.807) is 13.8 Å². The highest BCUT2D eigenvalue weighted by molar-refractivity contribution is 5.85. The maximum Gasteiger partial charge on any atom is 0.331 e. The molecule has 0 atom stereocenters. The summed E-state index contributed by atoms with van der Waals surface area (Å²) in [7, 11) is 0. The summed E-state index contributed by atoms with van der Waals surface area (Å²) >= 11 is 0. The molecule has 0 aliphatic carbocycles. The summed E-state index contributed by atoms with van der Waals surface area (Å²) in [5.41, 5.74) is -1.02. The van der Waals surface area contributed by atoms with Crippen LogP contribution in [0.15, 0.2) is 12.7 Å². The van der Waals surface area contributed by atoms with Crippen molar-refractivity contribution in [3.8, 4) is 0 Å². The highest BCUT2D eigenvalue weighted by atomic mass is 35.5. The molecule has 0 saturated carbocycles. The fourth-order valence-corrected chi connectivity index (χ4v) is 0.595. The zero-order valence-corrected chi connectivity index (χ0v) is 7.58. The summed E-state index contributed by atoms with van der Waals surface area (Å²) in [6, 6.07) is 0. The third-order valence-corrected chi connectivity index (χ3v) is 1.51. The Hall–Kier alpha value is -1.10. The van der Waals surface area contributed by atoms with Crippen LogP contribution in [0.2, 0.25) is 0 Å². The molecular weight excluding hydrogens is 182 g/mol. The molecule has 0 aliphatic rings. The van der Waals surface area contributed by atoms with E-state index in [0.29, 0.717) is 0 Å². The van der Waals surface area contributed by atoms with Gasteiger partial charge in [-0.3, -0.25) is 0 Å². The first-order valence-electron chi connectivity index (χ1n) is 3.13. The summed E-state index contributed by atoms with van der Waals surface area (Å²) in [4.78, 5) is 14.3. The van der Waals surface area contributed by atoms with Crippen molar-refractivity contribution >= 4 is 18.4 Å². The van der Waals surface area contributed by atoms with E-state index in [4.69, 9.17) is 5.11 Å². The van der Waals surface area contributed by atoms with E-state index in [2.05, 4.69) is 10.1 Å². The molecule has 1 heterocycles. The van der Waals surface area contributed by atoms with Crippen molar-refractivity contribution in [3.05, 3.63) is 12.7 Å². The minimum absolute atomic E-state index is 0. The molecular formula is C6H10ClN3O2. The molecule has 1 aromatic heterocycles. The van der Waals surface area contributed by atoms with E-state index >= 15 is 0 Å². The Balaban J connectivity index is 0.00000121. The van der Waals surface area contributed by atoms with Gasteiger partial charge in [0.05, 0.1) is 0 Å². The quantitative estimate of drug-likeness (QED) is 0.740. The Kier molecular flexibility index (Phi) is 3.21. The summed E-state index contributed by atoms with van der Waals surface area (Å²) in [5, 5.41) is 12.5. The van der Waals surface area contributed by atoms with Gasteiger partial charge in [0.25, 0.3) is 0 Å². The van der Waals surface area contributed by atoms with Gasteiger partial charge in [0.1, 0.15) is 12.7 Å². The van der Waals surface area contributed by atoms with Crippen LogP contribution in [0.3, 0.4) is 0 Å². The normalized spacial score (nSPS) is 10.5. The van der Waals surface area contributed by atoms with Crippen LogP contribution in [0.1, 0.15) is 13.8 Å². The first kappa shape index (κ1) is 10.9. The molecule has 0 unspecified atom stereocenters. The fraction of sp³-hybridized carbons (Fsp3) is 0.500. The van der Waals surface area contributed by atoms with Crippen LogP contribution >= 0.6 is 12.4 Å². The molecule has 0 aliphatic heterocycles. The second kappa shape index (κ2) is 3.53. The number of aromatic nitrogens is 3. The van der Waals surface area contributed by atoms with E-state index in [-0.39, 0.29) is 12.4 Å². The lowest BCUT2D eigenvalue weighted by Crippen LogP contribution is -2.35. The Labute approximate surface area is 75.8 Å². The third-order valence-electron chi connectivity index (χ3n) is 1.51. The van der Waals surface area contributed by atoms with Crippen molar-refractivity contribution in [2.24, 2.45) is 0 Å². The zero-order chi connectivity index (χ0) is 8.48. The van der Waals surface area contributed by atoms with Crippen LogP contribution in [0, 0.1) is 0 Å². The lowest BCUT2D eigenvalue weighted by Gasteiger charge is -2.18. The van der Waals surface area contributed by atoms with Crippen LogP contribution in [0.4, 0.5) is 0 Å². The monoisotopic (exact) mass is 191 g/mol. The maximum atomic E-state index is 10.6. The maximum absolute atomic E-state index is 10.6. The summed E-state index contributed by atoms with van der Waals surface area (Å²) in [5.74, 6) is -0.928. The van der Waals surface area contributed by atoms with Gasteiger partial charge in [-0.1, -0.05) is 0 Å². The zero-order valence-electron chi connectivity index (χ0n) is 6.76. The molecule has 1 rings (SSSR count). The van der Waals surface area contributed by atoms with Crippen LogP contribution < -0.4 is 0 Å². The van der Waals surface area contributed by atoms with Crippen molar-refractivity contribution in [3.63, 3.8) is 0 Å². The summed E-state index contributed by atoms with van der Waals surface area (Å²) in [6.07, 6.45) is 2.69. The SMILES string of the molecule is CC(C)(C(=O)O)n1cncn1.Cl. The number of carboxylic acid groups (broad SMARTS) is 1. The Morgan fingerprint density at radius 2 is 2.17 bits per heavy atom. The molecule has 0 bridgehead atoms. The molecule has 0 aromatic carbocycles. The van der Waals surface area contributed by atoms with Crippen LogP contribution in [-0.2, 0) is 10.3 Å². The number of carboxylic acids is 1. The van der Waals surface area contributed by atoms with Crippen LogP contribution in [-0.4, -0.2) is 25.8 Å². The highest BCUT2D eigenvalue weighted by Crippen LogP contribution is 2.11. The lowest BCUT2D eigenvalue weighted by molar-refractivity contribution is -0.146. The lowest BCUT2D eigenvalue weighted by atomic mass is 10.1.